The predicted octanol–water partition coefficient (Wildman–Crippen LogP) is 1.62. The lowest BCUT2D eigenvalue weighted by atomic mass is 9.70. The summed E-state index contributed by atoms with van der Waals surface area (Å²) in [6.45, 7) is 1.21. The van der Waals surface area contributed by atoms with Gasteiger partial charge in [0.05, 0.1) is 6.20 Å². The summed E-state index contributed by atoms with van der Waals surface area (Å²) in [5.41, 5.74) is 1.96. The summed E-state index contributed by atoms with van der Waals surface area (Å²) in [4.78, 5) is 0. The number of hydrogen-bond donors (Lipinski definition) is 1. The fourth-order valence-corrected chi connectivity index (χ4v) is 3.10. The first kappa shape index (κ1) is 8.48. The van der Waals surface area contributed by atoms with Gasteiger partial charge in [-0.1, -0.05) is 12.8 Å². The van der Waals surface area contributed by atoms with Crippen LogP contribution in [0.1, 0.15) is 37.3 Å². The van der Waals surface area contributed by atoms with Crippen LogP contribution in [0.25, 0.3) is 0 Å². The number of aromatic nitrogens is 2. The molecule has 0 bridgehead atoms. The molecule has 1 saturated carbocycles. The Morgan fingerprint density at radius 2 is 2.29 bits per heavy atom. The molecule has 2 fully saturated rings. The van der Waals surface area contributed by atoms with Crippen molar-refractivity contribution in [2.24, 2.45) is 12.5 Å². The van der Waals surface area contributed by atoms with E-state index in [2.05, 4.69) is 16.6 Å². The SMILES string of the molecule is Cn1cc([C@@H]2NCC23CCCC3)cn1. The molecule has 3 nitrogen and oxygen atoms in total. The van der Waals surface area contributed by atoms with Crippen molar-refractivity contribution in [2.45, 2.75) is 31.7 Å². The maximum Gasteiger partial charge on any atom is 0.0537 e. The van der Waals surface area contributed by atoms with Crippen molar-refractivity contribution in [1.82, 2.24) is 15.1 Å². The van der Waals surface area contributed by atoms with Crippen LogP contribution in [-0.4, -0.2) is 16.3 Å². The molecule has 1 aliphatic carbocycles. The summed E-state index contributed by atoms with van der Waals surface area (Å²) in [5.74, 6) is 0. The van der Waals surface area contributed by atoms with Gasteiger partial charge in [-0.05, 0) is 12.8 Å². The molecule has 1 spiro atoms. The van der Waals surface area contributed by atoms with Crippen LogP contribution in [0, 0.1) is 5.41 Å². The zero-order chi connectivity index (χ0) is 9.60. The van der Waals surface area contributed by atoms with Gasteiger partial charge >= 0.3 is 0 Å². The zero-order valence-corrected chi connectivity index (χ0v) is 8.66. The Morgan fingerprint density at radius 3 is 2.79 bits per heavy atom. The summed E-state index contributed by atoms with van der Waals surface area (Å²) in [5, 5.41) is 7.81. The van der Waals surface area contributed by atoms with Crippen LogP contribution < -0.4 is 5.32 Å². The Balaban J connectivity index is 1.86. The molecule has 0 unspecified atom stereocenters. The van der Waals surface area contributed by atoms with Crippen molar-refractivity contribution in [3.63, 3.8) is 0 Å². The average Bonchev–Trinajstić information content (AvgIpc) is 2.73. The van der Waals surface area contributed by atoms with Crippen molar-refractivity contribution < 1.29 is 0 Å². The number of nitrogens with zero attached hydrogens (tertiary/aromatic N) is 2. The largest absolute Gasteiger partial charge is 0.309 e. The van der Waals surface area contributed by atoms with Crippen LogP contribution in [0.2, 0.25) is 0 Å². The van der Waals surface area contributed by atoms with Gasteiger partial charge in [-0.3, -0.25) is 4.68 Å². The summed E-state index contributed by atoms with van der Waals surface area (Å²) < 4.78 is 1.90. The highest BCUT2D eigenvalue weighted by Gasteiger charge is 2.48. The molecule has 14 heavy (non-hydrogen) atoms. The molecule has 1 atom stereocenters. The van der Waals surface area contributed by atoms with E-state index in [0.29, 0.717) is 11.5 Å². The molecule has 0 amide bonds. The predicted molar refractivity (Wildman–Crippen MR) is 54.9 cm³/mol. The highest BCUT2D eigenvalue weighted by atomic mass is 15.2. The second kappa shape index (κ2) is 2.83. The Kier molecular flexibility index (Phi) is 1.71. The standard InChI is InChI=1S/C11H17N3/c1-14-7-9(6-13-14)10-11(8-12-10)4-2-3-5-11/h6-7,10,12H,2-5,8H2,1H3/t10-/m0/s1. The van der Waals surface area contributed by atoms with Crippen molar-refractivity contribution in [3.05, 3.63) is 18.0 Å². The highest BCUT2D eigenvalue weighted by molar-refractivity contribution is 5.21. The molecular formula is C11H17N3. The van der Waals surface area contributed by atoms with E-state index in [9.17, 15) is 0 Å². The molecule has 1 aromatic heterocycles. The van der Waals surface area contributed by atoms with Gasteiger partial charge in [0, 0.05) is 36.8 Å². The molecular weight excluding hydrogens is 174 g/mol. The van der Waals surface area contributed by atoms with Crippen LogP contribution >= 0.6 is 0 Å². The van der Waals surface area contributed by atoms with Gasteiger partial charge in [0.1, 0.15) is 0 Å². The molecule has 1 saturated heterocycles. The average molecular weight is 191 g/mol. The monoisotopic (exact) mass is 191 g/mol. The second-order valence-electron chi connectivity index (χ2n) is 4.83. The van der Waals surface area contributed by atoms with E-state index < -0.39 is 0 Å². The molecule has 3 rings (SSSR count). The van der Waals surface area contributed by atoms with Crippen molar-refractivity contribution >= 4 is 0 Å². The molecule has 76 valence electrons. The van der Waals surface area contributed by atoms with E-state index >= 15 is 0 Å². The minimum Gasteiger partial charge on any atom is -0.309 e. The molecule has 1 N–H and O–H groups in total. The molecule has 1 aromatic rings. The van der Waals surface area contributed by atoms with E-state index in [1.807, 2.05) is 17.9 Å². The zero-order valence-electron chi connectivity index (χ0n) is 8.66. The maximum absolute atomic E-state index is 4.25. The second-order valence-corrected chi connectivity index (χ2v) is 4.83. The summed E-state index contributed by atoms with van der Waals surface area (Å²) >= 11 is 0. The third-order valence-corrected chi connectivity index (χ3v) is 3.93. The topological polar surface area (TPSA) is 29.9 Å². The van der Waals surface area contributed by atoms with E-state index in [-0.39, 0.29) is 0 Å². The first-order chi connectivity index (χ1) is 6.80. The minimum atomic E-state index is 0.582. The quantitative estimate of drug-likeness (QED) is 0.731. The third-order valence-electron chi connectivity index (χ3n) is 3.93. The van der Waals surface area contributed by atoms with Crippen LogP contribution in [0.15, 0.2) is 12.4 Å². The smallest absolute Gasteiger partial charge is 0.0537 e. The maximum atomic E-state index is 4.25. The van der Waals surface area contributed by atoms with Crippen molar-refractivity contribution in [1.29, 1.82) is 0 Å². The van der Waals surface area contributed by atoms with Crippen molar-refractivity contribution in [3.8, 4) is 0 Å². The summed E-state index contributed by atoms with van der Waals surface area (Å²) in [6.07, 6.45) is 9.80. The molecule has 2 heterocycles. The van der Waals surface area contributed by atoms with Crippen molar-refractivity contribution in [2.75, 3.05) is 6.54 Å². The number of rotatable bonds is 1. The molecule has 3 heteroatoms. The van der Waals surface area contributed by atoms with Gasteiger partial charge in [-0.2, -0.15) is 5.10 Å². The number of hydrogen-bond acceptors (Lipinski definition) is 2. The van der Waals surface area contributed by atoms with E-state index in [0.717, 1.165) is 0 Å². The van der Waals surface area contributed by atoms with E-state index in [4.69, 9.17) is 0 Å². The van der Waals surface area contributed by atoms with E-state index in [1.54, 1.807) is 0 Å². The van der Waals surface area contributed by atoms with Gasteiger partial charge in [0.15, 0.2) is 0 Å². The first-order valence-electron chi connectivity index (χ1n) is 5.52. The van der Waals surface area contributed by atoms with Gasteiger partial charge in [0.2, 0.25) is 0 Å². The summed E-state index contributed by atoms with van der Waals surface area (Å²) in [7, 11) is 1.99. The molecule has 0 aromatic carbocycles. The fourth-order valence-electron chi connectivity index (χ4n) is 3.10. The summed E-state index contributed by atoms with van der Waals surface area (Å²) in [6, 6.07) is 0.582. The third kappa shape index (κ3) is 1.05. The van der Waals surface area contributed by atoms with Gasteiger partial charge in [-0.25, -0.2) is 0 Å². The number of aryl methyl sites for hydroxylation is 1. The van der Waals surface area contributed by atoms with Gasteiger partial charge < -0.3 is 5.32 Å². The Hall–Kier alpha value is -0.830. The Labute approximate surface area is 84.5 Å². The van der Waals surface area contributed by atoms with Crippen LogP contribution in [0.3, 0.4) is 0 Å². The molecule has 2 aliphatic rings. The lowest BCUT2D eigenvalue weighted by Crippen LogP contribution is -2.54. The Bertz CT molecular complexity index is 336. The number of nitrogens with one attached hydrogen (secondary N) is 1. The highest BCUT2D eigenvalue weighted by Crippen LogP contribution is 2.52. The first-order valence-corrected chi connectivity index (χ1v) is 5.52. The lowest BCUT2D eigenvalue weighted by Gasteiger charge is -2.48. The van der Waals surface area contributed by atoms with E-state index in [1.165, 1.54) is 37.8 Å². The van der Waals surface area contributed by atoms with Crippen LogP contribution in [0.5, 0.6) is 0 Å². The van der Waals surface area contributed by atoms with Crippen LogP contribution in [0.4, 0.5) is 0 Å². The molecule has 1 aliphatic heterocycles. The lowest BCUT2D eigenvalue weighted by molar-refractivity contribution is 0.0894. The Morgan fingerprint density at radius 1 is 1.50 bits per heavy atom. The normalized spacial score (nSPS) is 29.4. The van der Waals surface area contributed by atoms with Crippen LogP contribution in [-0.2, 0) is 7.05 Å². The fraction of sp³-hybridized carbons (Fsp3) is 0.727. The van der Waals surface area contributed by atoms with Gasteiger partial charge in [0.25, 0.3) is 0 Å². The van der Waals surface area contributed by atoms with Gasteiger partial charge in [-0.15, -0.1) is 0 Å². The molecule has 0 radical (unpaired) electrons. The minimum absolute atomic E-state index is 0.582.